The molecule has 0 saturated carbocycles. The second-order valence-corrected chi connectivity index (χ2v) is 15.4. The fourth-order valence-electron chi connectivity index (χ4n) is 8.14. The van der Waals surface area contributed by atoms with Crippen molar-refractivity contribution in [2.45, 2.75) is 168 Å². The average Bonchev–Trinajstić information content (AvgIpc) is 2.86. The predicted octanol–water partition coefficient (Wildman–Crippen LogP) is 8.42. The summed E-state index contributed by atoms with van der Waals surface area (Å²) in [6.45, 7) is 24.6. The highest BCUT2D eigenvalue weighted by atomic mass is 16.6. The number of likely N-dealkylation sites (tertiary alicyclic amines) is 2. The van der Waals surface area contributed by atoms with E-state index in [1.165, 1.54) is 38.5 Å². The monoisotopic (exact) mass is 584 g/mol. The molecule has 0 amide bonds. The molecule has 2 aliphatic rings. The van der Waals surface area contributed by atoms with Crippen LogP contribution in [-0.4, -0.2) is 69.2 Å². The van der Waals surface area contributed by atoms with E-state index in [2.05, 4.69) is 79.0 Å². The van der Waals surface area contributed by atoms with E-state index in [-0.39, 0.29) is 34.4 Å². The number of piperidine rings is 2. The highest BCUT2D eigenvalue weighted by molar-refractivity contribution is 6.03. The number of unbranched alkanes of at least 4 members (excludes halogenated alkanes) is 4. The zero-order valence-electron chi connectivity index (χ0n) is 28.5. The second kappa shape index (κ2) is 13.8. The van der Waals surface area contributed by atoms with Crippen LogP contribution in [0.4, 0.5) is 0 Å². The largest absolute Gasteiger partial charge is 0.459 e. The highest BCUT2D eigenvalue weighted by Crippen LogP contribution is 2.41. The van der Waals surface area contributed by atoms with E-state index in [1.54, 1.807) is 24.3 Å². The number of carbonyl (C=O) groups is 2. The third-order valence-corrected chi connectivity index (χ3v) is 9.72. The average molecular weight is 585 g/mol. The molecule has 2 heterocycles. The van der Waals surface area contributed by atoms with E-state index in [9.17, 15) is 9.59 Å². The van der Waals surface area contributed by atoms with Crippen LogP contribution in [0.1, 0.15) is 154 Å². The van der Waals surface area contributed by atoms with Gasteiger partial charge in [0.1, 0.15) is 12.2 Å². The van der Waals surface area contributed by atoms with Crippen LogP contribution < -0.4 is 0 Å². The number of esters is 2. The topological polar surface area (TPSA) is 59.1 Å². The van der Waals surface area contributed by atoms with Crippen molar-refractivity contribution in [3.8, 4) is 0 Å². The summed E-state index contributed by atoms with van der Waals surface area (Å²) < 4.78 is 12.3. The third-order valence-electron chi connectivity index (χ3n) is 9.72. The van der Waals surface area contributed by atoms with Crippen LogP contribution in [0.15, 0.2) is 24.3 Å². The Morgan fingerprint density at radius 1 is 0.619 bits per heavy atom. The van der Waals surface area contributed by atoms with Gasteiger partial charge >= 0.3 is 11.9 Å². The molecule has 6 nitrogen and oxygen atoms in total. The zero-order chi connectivity index (χ0) is 31.3. The Morgan fingerprint density at radius 3 is 1.21 bits per heavy atom. The summed E-state index contributed by atoms with van der Waals surface area (Å²) in [6, 6.07) is 6.97. The summed E-state index contributed by atoms with van der Waals surface area (Å²) in [5.41, 5.74) is 0.208. The van der Waals surface area contributed by atoms with Crippen molar-refractivity contribution >= 4 is 11.9 Å². The molecule has 2 saturated heterocycles. The van der Waals surface area contributed by atoms with Crippen molar-refractivity contribution in [3.63, 3.8) is 0 Å². The minimum absolute atomic E-state index is 0.0934. The molecule has 1 aromatic rings. The van der Waals surface area contributed by atoms with Crippen LogP contribution in [0.3, 0.4) is 0 Å². The molecular formula is C36H60N2O4. The van der Waals surface area contributed by atoms with Crippen molar-refractivity contribution in [1.29, 1.82) is 0 Å². The van der Waals surface area contributed by atoms with Gasteiger partial charge in [0.2, 0.25) is 0 Å². The predicted molar refractivity (Wildman–Crippen MR) is 172 cm³/mol. The fraction of sp³-hybridized carbons (Fsp3) is 0.778. The number of nitrogens with zero attached hydrogens (tertiary/aromatic N) is 2. The minimum Gasteiger partial charge on any atom is -0.459 e. The van der Waals surface area contributed by atoms with Gasteiger partial charge in [-0.2, -0.15) is 0 Å². The number of benzene rings is 1. The molecule has 0 unspecified atom stereocenters. The first-order chi connectivity index (χ1) is 19.5. The van der Waals surface area contributed by atoms with Gasteiger partial charge in [-0.3, -0.25) is 9.80 Å². The van der Waals surface area contributed by atoms with Gasteiger partial charge in [-0.05, 0) is 93.5 Å². The van der Waals surface area contributed by atoms with E-state index < -0.39 is 11.9 Å². The maximum absolute atomic E-state index is 13.6. The van der Waals surface area contributed by atoms with Gasteiger partial charge in [0.25, 0.3) is 0 Å². The summed E-state index contributed by atoms with van der Waals surface area (Å²) in [4.78, 5) is 32.3. The summed E-state index contributed by atoms with van der Waals surface area (Å²) in [6.07, 6.45) is 9.83. The van der Waals surface area contributed by atoms with E-state index in [1.807, 2.05) is 0 Å². The van der Waals surface area contributed by atoms with E-state index in [0.717, 1.165) is 38.8 Å². The number of ether oxygens (including phenoxy) is 2. The lowest BCUT2D eigenvalue weighted by atomic mass is 9.77. The lowest BCUT2D eigenvalue weighted by Gasteiger charge is -2.55. The quantitative estimate of drug-likeness (QED) is 0.182. The molecule has 2 fully saturated rings. The van der Waals surface area contributed by atoms with Gasteiger partial charge < -0.3 is 9.47 Å². The number of rotatable bonds is 12. The molecule has 0 N–H and O–H groups in total. The van der Waals surface area contributed by atoms with Gasteiger partial charge in [0.05, 0.1) is 11.1 Å². The van der Waals surface area contributed by atoms with Crippen LogP contribution in [0.25, 0.3) is 0 Å². The lowest BCUT2D eigenvalue weighted by molar-refractivity contribution is -0.0892. The van der Waals surface area contributed by atoms with Gasteiger partial charge in [-0.15, -0.1) is 0 Å². The molecule has 238 valence electrons. The first-order valence-electron chi connectivity index (χ1n) is 16.6. The van der Waals surface area contributed by atoms with Crippen LogP contribution in [0.5, 0.6) is 0 Å². The Hall–Kier alpha value is -1.92. The Bertz CT molecular complexity index is 941. The van der Waals surface area contributed by atoms with Crippen molar-refractivity contribution in [3.05, 3.63) is 35.4 Å². The van der Waals surface area contributed by atoms with Gasteiger partial charge in [0, 0.05) is 47.8 Å². The molecule has 3 rings (SSSR count). The molecular weight excluding hydrogens is 524 g/mol. The maximum atomic E-state index is 13.6. The molecule has 0 radical (unpaired) electrons. The summed E-state index contributed by atoms with van der Waals surface area (Å²) in [5, 5.41) is 0. The van der Waals surface area contributed by atoms with Crippen molar-refractivity contribution in [2.24, 2.45) is 0 Å². The zero-order valence-corrected chi connectivity index (χ0v) is 28.5. The molecule has 42 heavy (non-hydrogen) atoms. The molecule has 1 aromatic carbocycles. The minimum atomic E-state index is -0.440. The standard InChI is InChI=1S/C36H60N2O4/c1-11-13-17-21-37-33(3,4)23-27(24-34(37,5)6)41-31(39)29-19-15-16-20-30(29)32(40)42-28-25-35(7,8)38(22-18-14-12-2)36(9,10)26-28/h15-16,19-20,27-28H,11-14,17-18,21-26H2,1-10H3. The van der Waals surface area contributed by atoms with Crippen molar-refractivity contribution in [2.75, 3.05) is 13.1 Å². The first kappa shape index (κ1) is 34.6. The maximum Gasteiger partial charge on any atom is 0.339 e. The third kappa shape index (κ3) is 8.37. The number of carbonyl (C=O) groups excluding carboxylic acids is 2. The number of hydrogen-bond acceptors (Lipinski definition) is 6. The molecule has 6 heteroatoms. The van der Waals surface area contributed by atoms with E-state index >= 15 is 0 Å². The lowest BCUT2D eigenvalue weighted by Crippen LogP contribution is -2.62. The van der Waals surface area contributed by atoms with Gasteiger partial charge in [-0.25, -0.2) is 9.59 Å². The van der Waals surface area contributed by atoms with E-state index in [0.29, 0.717) is 11.1 Å². The molecule has 0 aromatic heterocycles. The Labute approximate surface area is 256 Å². The Balaban J connectivity index is 1.70. The van der Waals surface area contributed by atoms with Crippen LogP contribution >= 0.6 is 0 Å². The highest BCUT2D eigenvalue weighted by Gasteiger charge is 2.47. The van der Waals surface area contributed by atoms with Crippen molar-refractivity contribution in [1.82, 2.24) is 9.80 Å². The Morgan fingerprint density at radius 2 is 0.929 bits per heavy atom. The van der Waals surface area contributed by atoms with Crippen LogP contribution in [-0.2, 0) is 9.47 Å². The summed E-state index contributed by atoms with van der Waals surface area (Å²) >= 11 is 0. The molecule has 2 aliphatic heterocycles. The fourth-order valence-corrected chi connectivity index (χ4v) is 8.14. The summed E-state index contributed by atoms with van der Waals surface area (Å²) in [5.74, 6) is -0.880. The van der Waals surface area contributed by atoms with Crippen molar-refractivity contribution < 1.29 is 19.1 Å². The second-order valence-electron chi connectivity index (χ2n) is 15.4. The smallest absolute Gasteiger partial charge is 0.339 e. The first-order valence-corrected chi connectivity index (χ1v) is 16.6. The SMILES string of the molecule is CCCCCN1C(C)(C)CC(OC(=O)c2ccccc2C(=O)OC2CC(C)(C)N(CCCCC)C(C)(C)C2)CC1(C)C. The summed E-state index contributed by atoms with van der Waals surface area (Å²) in [7, 11) is 0. The molecule has 0 atom stereocenters. The molecule has 0 aliphatic carbocycles. The van der Waals surface area contributed by atoms with Gasteiger partial charge in [0.15, 0.2) is 0 Å². The number of hydrogen-bond donors (Lipinski definition) is 0. The van der Waals surface area contributed by atoms with Crippen LogP contribution in [0, 0.1) is 0 Å². The van der Waals surface area contributed by atoms with E-state index in [4.69, 9.17) is 9.47 Å². The van der Waals surface area contributed by atoms with Crippen LogP contribution in [0.2, 0.25) is 0 Å². The normalized spacial score (nSPS) is 22.5. The van der Waals surface area contributed by atoms with Gasteiger partial charge in [-0.1, -0.05) is 51.7 Å². The Kier molecular flexibility index (Phi) is 11.4. The molecule has 0 spiro atoms. The molecule has 0 bridgehead atoms.